The second-order valence-corrected chi connectivity index (χ2v) is 5.51. The molecule has 2 heterocycles. The van der Waals surface area contributed by atoms with Gasteiger partial charge in [-0.1, -0.05) is 12.1 Å². The van der Waals surface area contributed by atoms with Crippen LogP contribution in [0.1, 0.15) is 12.0 Å². The topological polar surface area (TPSA) is 62.3 Å². The molecule has 1 aliphatic heterocycles. The number of thiazole rings is 1. The Morgan fingerprint density at radius 3 is 3.05 bits per heavy atom. The molecule has 0 unspecified atom stereocenters. The third-order valence-electron chi connectivity index (χ3n) is 3.23. The first-order valence-corrected chi connectivity index (χ1v) is 7.30. The van der Waals surface area contributed by atoms with Crippen LogP contribution in [-0.4, -0.2) is 23.3 Å². The van der Waals surface area contributed by atoms with Gasteiger partial charge in [0.1, 0.15) is 12.4 Å². The van der Waals surface area contributed by atoms with E-state index in [2.05, 4.69) is 10.3 Å². The van der Waals surface area contributed by atoms with Crippen LogP contribution >= 0.6 is 11.3 Å². The predicted molar refractivity (Wildman–Crippen MR) is 77.8 cm³/mol. The Kier molecular flexibility index (Phi) is 3.66. The molecule has 1 N–H and O–H groups in total. The highest BCUT2D eigenvalue weighted by Gasteiger charge is 2.28. The van der Waals surface area contributed by atoms with E-state index in [1.54, 1.807) is 23.7 Å². The Morgan fingerprint density at radius 2 is 2.29 bits per heavy atom. The van der Waals surface area contributed by atoms with E-state index in [0.717, 1.165) is 5.56 Å². The fraction of sp³-hybridized carbons (Fsp3) is 0.214. The van der Waals surface area contributed by atoms with E-state index in [1.165, 1.54) is 22.3 Å². The second-order valence-electron chi connectivity index (χ2n) is 4.61. The Morgan fingerprint density at radius 1 is 1.43 bits per heavy atom. The van der Waals surface area contributed by atoms with Crippen LogP contribution < -0.4 is 10.2 Å². The minimum Gasteiger partial charge on any atom is -0.300 e. The average Bonchev–Trinajstić information content (AvgIpc) is 2.95. The molecule has 1 aromatic heterocycles. The summed E-state index contributed by atoms with van der Waals surface area (Å²) in [4.78, 5) is 29.1. The van der Waals surface area contributed by atoms with E-state index < -0.39 is 11.7 Å². The van der Waals surface area contributed by atoms with Crippen molar-refractivity contribution in [3.05, 3.63) is 41.2 Å². The van der Waals surface area contributed by atoms with Crippen LogP contribution in [0.3, 0.4) is 0 Å². The molecule has 0 saturated heterocycles. The van der Waals surface area contributed by atoms with Crippen molar-refractivity contribution in [2.75, 3.05) is 16.8 Å². The monoisotopic (exact) mass is 305 g/mol. The van der Waals surface area contributed by atoms with Crippen LogP contribution in [0.5, 0.6) is 0 Å². The molecule has 0 aliphatic carbocycles. The van der Waals surface area contributed by atoms with Gasteiger partial charge < -0.3 is 5.32 Å². The lowest BCUT2D eigenvalue weighted by atomic mass is 10.0. The minimum absolute atomic E-state index is 0.211. The number of rotatable bonds is 3. The van der Waals surface area contributed by atoms with Gasteiger partial charge in [-0.15, -0.1) is 11.3 Å². The number of fused-ring (bicyclic) bond motifs is 1. The fourth-order valence-electron chi connectivity index (χ4n) is 2.32. The van der Waals surface area contributed by atoms with E-state index in [4.69, 9.17) is 0 Å². The highest BCUT2D eigenvalue weighted by atomic mass is 32.1. The summed E-state index contributed by atoms with van der Waals surface area (Å²) >= 11 is 1.28. The standard InChI is InChI=1S/C14H12FN3O2S/c15-10-3-1-2-9-4-5-12(20)18(13(9)10)8-11(19)17-14-16-6-7-21-14/h1-3,6-7H,4-5,8H2,(H,16,17,19). The molecule has 0 saturated carbocycles. The second kappa shape index (κ2) is 5.61. The van der Waals surface area contributed by atoms with E-state index in [0.29, 0.717) is 11.6 Å². The van der Waals surface area contributed by atoms with Crippen LogP contribution in [0, 0.1) is 5.82 Å². The zero-order valence-corrected chi connectivity index (χ0v) is 11.8. The summed E-state index contributed by atoms with van der Waals surface area (Å²) in [7, 11) is 0. The highest BCUT2D eigenvalue weighted by Crippen LogP contribution is 2.30. The van der Waals surface area contributed by atoms with Crippen LogP contribution in [0.2, 0.25) is 0 Å². The third kappa shape index (κ3) is 2.78. The normalized spacial score (nSPS) is 14.0. The van der Waals surface area contributed by atoms with Gasteiger partial charge in [-0.2, -0.15) is 0 Å². The maximum Gasteiger partial charge on any atom is 0.246 e. The molecule has 21 heavy (non-hydrogen) atoms. The minimum atomic E-state index is -0.484. The number of nitrogens with zero attached hydrogens (tertiary/aromatic N) is 2. The molecule has 0 radical (unpaired) electrons. The molecule has 0 spiro atoms. The van der Waals surface area contributed by atoms with Crippen molar-refractivity contribution < 1.29 is 14.0 Å². The Bertz CT molecular complexity index is 688. The fourth-order valence-corrected chi connectivity index (χ4v) is 2.87. The van der Waals surface area contributed by atoms with Crippen molar-refractivity contribution in [3.63, 3.8) is 0 Å². The summed E-state index contributed by atoms with van der Waals surface area (Å²) in [6.45, 7) is -0.216. The molecular weight excluding hydrogens is 293 g/mol. The van der Waals surface area contributed by atoms with Gasteiger partial charge in [0, 0.05) is 18.0 Å². The van der Waals surface area contributed by atoms with Crippen molar-refractivity contribution in [2.24, 2.45) is 0 Å². The first-order valence-electron chi connectivity index (χ1n) is 6.42. The van der Waals surface area contributed by atoms with Crippen LogP contribution in [0.25, 0.3) is 0 Å². The zero-order chi connectivity index (χ0) is 14.8. The molecular formula is C14H12FN3O2S. The molecule has 2 amide bonds. The van der Waals surface area contributed by atoms with Gasteiger partial charge in [-0.25, -0.2) is 9.37 Å². The van der Waals surface area contributed by atoms with Gasteiger partial charge in [0.15, 0.2) is 5.13 Å². The van der Waals surface area contributed by atoms with Gasteiger partial charge in [0.2, 0.25) is 11.8 Å². The predicted octanol–water partition coefficient (Wildman–Crippen LogP) is 2.20. The molecule has 2 aromatic rings. The molecule has 3 rings (SSSR count). The number of hydrogen-bond acceptors (Lipinski definition) is 4. The van der Waals surface area contributed by atoms with Gasteiger partial charge in [0.25, 0.3) is 0 Å². The number of carbonyl (C=O) groups excluding carboxylic acids is 2. The number of aromatic nitrogens is 1. The van der Waals surface area contributed by atoms with E-state index in [-0.39, 0.29) is 24.6 Å². The summed E-state index contributed by atoms with van der Waals surface area (Å²) in [5.41, 5.74) is 0.958. The quantitative estimate of drug-likeness (QED) is 0.945. The third-order valence-corrected chi connectivity index (χ3v) is 3.92. The number of halogens is 1. The Hall–Kier alpha value is -2.28. The van der Waals surface area contributed by atoms with E-state index >= 15 is 0 Å². The number of amides is 2. The molecule has 7 heteroatoms. The highest BCUT2D eigenvalue weighted by molar-refractivity contribution is 7.13. The number of benzene rings is 1. The first-order chi connectivity index (χ1) is 10.1. The number of para-hydroxylation sites is 1. The lowest BCUT2D eigenvalue weighted by molar-refractivity contribution is -0.121. The van der Waals surface area contributed by atoms with E-state index in [9.17, 15) is 14.0 Å². The lowest BCUT2D eigenvalue weighted by Gasteiger charge is -2.29. The van der Waals surface area contributed by atoms with Crippen molar-refractivity contribution >= 4 is 34.0 Å². The molecule has 108 valence electrons. The summed E-state index contributed by atoms with van der Waals surface area (Å²) in [6, 6.07) is 4.68. The Balaban J connectivity index is 1.82. The van der Waals surface area contributed by atoms with Crippen molar-refractivity contribution in [2.45, 2.75) is 12.8 Å². The van der Waals surface area contributed by atoms with Crippen LogP contribution in [0.4, 0.5) is 15.2 Å². The molecule has 0 atom stereocenters. The van der Waals surface area contributed by atoms with Gasteiger partial charge in [-0.05, 0) is 18.1 Å². The molecule has 0 fully saturated rings. The van der Waals surface area contributed by atoms with Gasteiger partial charge in [-0.3, -0.25) is 14.5 Å². The summed E-state index contributed by atoms with van der Waals surface area (Å²) < 4.78 is 14.0. The number of nitrogens with one attached hydrogen (secondary N) is 1. The average molecular weight is 305 g/mol. The molecule has 0 bridgehead atoms. The molecule has 1 aliphatic rings. The SMILES string of the molecule is O=C(CN1C(=O)CCc2cccc(F)c21)Nc1nccs1. The molecule has 5 nitrogen and oxygen atoms in total. The number of carbonyl (C=O) groups is 2. The van der Waals surface area contributed by atoms with Gasteiger partial charge in [0.05, 0.1) is 5.69 Å². The van der Waals surface area contributed by atoms with Crippen LogP contribution in [-0.2, 0) is 16.0 Å². The number of hydrogen-bond donors (Lipinski definition) is 1. The number of anilines is 2. The van der Waals surface area contributed by atoms with Crippen molar-refractivity contribution in [1.82, 2.24) is 4.98 Å². The van der Waals surface area contributed by atoms with Crippen molar-refractivity contribution in [1.29, 1.82) is 0 Å². The summed E-state index contributed by atoms with van der Waals surface area (Å²) in [5.74, 6) is -1.13. The van der Waals surface area contributed by atoms with E-state index in [1.807, 2.05) is 0 Å². The first kappa shape index (κ1) is 13.7. The lowest BCUT2D eigenvalue weighted by Crippen LogP contribution is -2.41. The molecule has 1 aromatic carbocycles. The summed E-state index contributed by atoms with van der Waals surface area (Å²) in [5, 5.41) is 4.78. The van der Waals surface area contributed by atoms with Gasteiger partial charge >= 0.3 is 0 Å². The number of aryl methyl sites for hydroxylation is 1. The summed E-state index contributed by atoms with van der Waals surface area (Å²) in [6.07, 6.45) is 2.35. The van der Waals surface area contributed by atoms with Crippen molar-refractivity contribution in [3.8, 4) is 0 Å². The zero-order valence-electron chi connectivity index (χ0n) is 11.0. The maximum absolute atomic E-state index is 14.0. The smallest absolute Gasteiger partial charge is 0.246 e. The largest absolute Gasteiger partial charge is 0.300 e. The maximum atomic E-state index is 14.0. The Labute approximate surface area is 124 Å². The van der Waals surface area contributed by atoms with Crippen LogP contribution in [0.15, 0.2) is 29.8 Å².